The van der Waals surface area contributed by atoms with Crippen molar-refractivity contribution in [1.82, 2.24) is 0 Å². The first-order chi connectivity index (χ1) is 11.1. The summed E-state index contributed by atoms with van der Waals surface area (Å²) in [6, 6.07) is 8.51. The Kier molecular flexibility index (Phi) is 3.63. The Bertz CT molecular complexity index is 603. The number of rotatable bonds is 2. The van der Waals surface area contributed by atoms with Gasteiger partial charge < -0.3 is 9.47 Å². The topological polar surface area (TPSA) is 52.6 Å². The second kappa shape index (κ2) is 5.55. The van der Waals surface area contributed by atoms with Crippen LogP contribution in [0.3, 0.4) is 0 Å². The zero-order valence-electron chi connectivity index (χ0n) is 13.2. The lowest BCUT2D eigenvalue weighted by Gasteiger charge is -2.43. The zero-order valence-corrected chi connectivity index (χ0v) is 14.0. The molecule has 4 nitrogen and oxygen atoms in total. The summed E-state index contributed by atoms with van der Waals surface area (Å²) in [5.74, 6) is 0.0327. The summed E-state index contributed by atoms with van der Waals surface area (Å²) < 4.78 is 11.3. The Hall–Kier alpha value is -1.49. The maximum absolute atomic E-state index is 11.5. The lowest BCUT2D eigenvalue weighted by Crippen LogP contribution is -2.46. The Morgan fingerprint density at radius 1 is 0.913 bits per heavy atom. The molecule has 2 aliphatic heterocycles. The molecule has 0 aromatic heterocycles. The molecule has 0 radical (unpaired) electrons. The highest BCUT2D eigenvalue weighted by Crippen LogP contribution is 2.70. The number of esters is 2. The first-order valence-electron chi connectivity index (χ1n) is 8.15. The van der Waals surface area contributed by atoms with Crippen molar-refractivity contribution in [3.8, 4) is 0 Å². The molecule has 6 unspecified atom stereocenters. The largest absolute Gasteiger partial charge is 0.462 e. The summed E-state index contributed by atoms with van der Waals surface area (Å²) in [7, 11) is 0. The van der Waals surface area contributed by atoms with Gasteiger partial charge in [0.05, 0.1) is 0 Å². The molecule has 0 N–H and O–H groups in total. The highest BCUT2D eigenvalue weighted by molar-refractivity contribution is 8.00. The van der Waals surface area contributed by atoms with Gasteiger partial charge in [0.15, 0.2) is 0 Å². The summed E-state index contributed by atoms with van der Waals surface area (Å²) in [5, 5.41) is 0.674. The average Bonchev–Trinajstić information content (AvgIpc) is 3.06. The van der Waals surface area contributed by atoms with E-state index in [9.17, 15) is 9.59 Å². The number of thioether (sulfide) groups is 1. The van der Waals surface area contributed by atoms with Gasteiger partial charge in [0.25, 0.3) is 0 Å². The van der Waals surface area contributed by atoms with Crippen molar-refractivity contribution in [3.63, 3.8) is 0 Å². The van der Waals surface area contributed by atoms with E-state index < -0.39 is 0 Å². The molecule has 1 saturated carbocycles. The molecule has 1 saturated heterocycles. The van der Waals surface area contributed by atoms with E-state index in [1.54, 1.807) is 0 Å². The summed E-state index contributed by atoms with van der Waals surface area (Å²) >= 11 is 1.94. The number of carbonyl (C=O) groups excluding carboxylic acids is 2. The third kappa shape index (κ3) is 2.36. The van der Waals surface area contributed by atoms with Crippen LogP contribution in [0.5, 0.6) is 0 Å². The van der Waals surface area contributed by atoms with Crippen LogP contribution in [-0.2, 0) is 19.1 Å². The molecule has 1 aromatic carbocycles. The van der Waals surface area contributed by atoms with Crippen LogP contribution in [0, 0.1) is 11.8 Å². The van der Waals surface area contributed by atoms with Crippen LogP contribution in [0.25, 0.3) is 0 Å². The lowest BCUT2D eigenvalue weighted by atomic mass is 9.66. The van der Waals surface area contributed by atoms with Crippen LogP contribution < -0.4 is 0 Å². The van der Waals surface area contributed by atoms with Crippen LogP contribution in [0.1, 0.15) is 48.3 Å². The molecule has 4 rings (SSSR count). The molecular weight excluding hydrogens is 312 g/mol. The highest BCUT2D eigenvalue weighted by atomic mass is 32.2. The summed E-state index contributed by atoms with van der Waals surface area (Å²) in [4.78, 5) is 23.0. The maximum Gasteiger partial charge on any atom is 0.302 e. The molecule has 5 heteroatoms. The normalized spacial score (nSPS) is 37.0. The number of hydrogen-bond donors (Lipinski definition) is 0. The molecule has 2 heterocycles. The molecule has 122 valence electrons. The predicted octanol–water partition coefficient (Wildman–Crippen LogP) is 3.42. The molecule has 0 spiro atoms. The second-order valence-electron chi connectivity index (χ2n) is 6.63. The smallest absolute Gasteiger partial charge is 0.302 e. The van der Waals surface area contributed by atoms with Crippen LogP contribution in [0.2, 0.25) is 0 Å². The van der Waals surface area contributed by atoms with Crippen LogP contribution >= 0.6 is 11.8 Å². The molecule has 2 bridgehead atoms. The molecule has 2 fully saturated rings. The molecule has 6 atom stereocenters. The van der Waals surface area contributed by atoms with E-state index in [1.165, 1.54) is 25.0 Å². The number of fused-ring (bicyclic) bond motifs is 8. The highest BCUT2D eigenvalue weighted by Gasteiger charge is 2.59. The van der Waals surface area contributed by atoms with Gasteiger partial charge in [-0.3, -0.25) is 9.59 Å². The van der Waals surface area contributed by atoms with Gasteiger partial charge in [0, 0.05) is 36.2 Å². The number of carbonyl (C=O) groups is 2. The van der Waals surface area contributed by atoms with Crippen molar-refractivity contribution in [2.45, 2.75) is 49.4 Å². The van der Waals surface area contributed by atoms with Crippen LogP contribution in [-0.4, -0.2) is 24.1 Å². The summed E-state index contributed by atoms with van der Waals surface area (Å²) in [6.45, 7) is 2.95. The second-order valence-corrected chi connectivity index (χ2v) is 7.92. The first kappa shape index (κ1) is 15.1. The quantitative estimate of drug-likeness (QED) is 0.777. The van der Waals surface area contributed by atoms with Gasteiger partial charge in [0.2, 0.25) is 0 Å². The molecular formula is C18H20O4S. The first-order valence-corrected chi connectivity index (χ1v) is 9.09. The molecule has 1 aromatic rings. The number of ether oxygens (including phenoxy) is 2. The minimum atomic E-state index is -0.222. The van der Waals surface area contributed by atoms with E-state index in [2.05, 4.69) is 24.3 Å². The van der Waals surface area contributed by atoms with Gasteiger partial charge in [-0.25, -0.2) is 0 Å². The Morgan fingerprint density at radius 3 is 1.74 bits per heavy atom. The van der Waals surface area contributed by atoms with E-state index in [4.69, 9.17) is 9.47 Å². The predicted molar refractivity (Wildman–Crippen MR) is 86.8 cm³/mol. The van der Waals surface area contributed by atoms with Crippen molar-refractivity contribution in [2.24, 2.45) is 11.8 Å². The lowest BCUT2D eigenvalue weighted by molar-refractivity contribution is -0.166. The fraction of sp³-hybridized carbons (Fsp3) is 0.556. The Morgan fingerprint density at radius 2 is 1.35 bits per heavy atom. The number of benzene rings is 1. The molecule has 0 amide bonds. The number of hydrogen-bond acceptors (Lipinski definition) is 5. The van der Waals surface area contributed by atoms with Crippen molar-refractivity contribution >= 4 is 23.7 Å². The fourth-order valence-electron chi connectivity index (χ4n) is 4.63. The van der Waals surface area contributed by atoms with Gasteiger partial charge in [-0.1, -0.05) is 24.3 Å². The monoisotopic (exact) mass is 332 g/mol. The zero-order chi connectivity index (χ0) is 16.1. The summed E-state index contributed by atoms with van der Waals surface area (Å²) in [6.07, 6.45) is 1.40. The van der Waals surface area contributed by atoms with Gasteiger partial charge in [-0.15, -0.1) is 11.8 Å². The Labute approximate surface area is 139 Å². The van der Waals surface area contributed by atoms with Gasteiger partial charge in [-0.05, 0) is 24.0 Å². The van der Waals surface area contributed by atoms with Crippen molar-refractivity contribution in [3.05, 3.63) is 35.4 Å². The van der Waals surface area contributed by atoms with E-state index in [-0.39, 0.29) is 36.0 Å². The maximum atomic E-state index is 11.5. The standard InChI is InChI=1S/C18H20O4S/c1-9(19)21-13-7-8-14(22-10(2)20)16-15(13)17-11-5-3-4-6-12(11)18(16)23-17/h3-6,13-18H,7-8H2,1-2H3. The van der Waals surface area contributed by atoms with E-state index in [0.29, 0.717) is 10.5 Å². The van der Waals surface area contributed by atoms with E-state index in [1.807, 2.05) is 11.8 Å². The minimum Gasteiger partial charge on any atom is -0.462 e. The van der Waals surface area contributed by atoms with E-state index in [0.717, 1.165) is 12.8 Å². The third-order valence-electron chi connectivity index (χ3n) is 5.27. The average molecular weight is 332 g/mol. The molecule has 1 aliphatic carbocycles. The minimum absolute atomic E-state index is 0.0693. The van der Waals surface area contributed by atoms with E-state index >= 15 is 0 Å². The van der Waals surface area contributed by atoms with Crippen LogP contribution in [0.4, 0.5) is 0 Å². The van der Waals surface area contributed by atoms with Crippen molar-refractivity contribution in [2.75, 3.05) is 0 Å². The van der Waals surface area contributed by atoms with Crippen LogP contribution in [0.15, 0.2) is 24.3 Å². The van der Waals surface area contributed by atoms with Gasteiger partial charge in [-0.2, -0.15) is 0 Å². The van der Waals surface area contributed by atoms with Crippen molar-refractivity contribution < 1.29 is 19.1 Å². The van der Waals surface area contributed by atoms with Gasteiger partial charge in [0.1, 0.15) is 12.2 Å². The molecule has 3 aliphatic rings. The summed E-state index contributed by atoms with van der Waals surface area (Å²) in [5.41, 5.74) is 2.73. The van der Waals surface area contributed by atoms with Crippen molar-refractivity contribution in [1.29, 1.82) is 0 Å². The van der Waals surface area contributed by atoms with Gasteiger partial charge >= 0.3 is 11.9 Å². The SMILES string of the molecule is CC(=O)OC1CCC(OC(C)=O)C2C3SC(c4ccccc43)C12. The Balaban J connectivity index is 1.71. The molecule has 23 heavy (non-hydrogen) atoms. The fourth-order valence-corrected chi connectivity index (χ4v) is 6.75. The third-order valence-corrected chi connectivity index (χ3v) is 7.00.